The second-order valence-corrected chi connectivity index (χ2v) is 8.09. The molecule has 0 bridgehead atoms. The average Bonchev–Trinajstić information content (AvgIpc) is 3.38. The first-order chi connectivity index (χ1) is 15.5. The number of para-hydroxylation sites is 1. The summed E-state index contributed by atoms with van der Waals surface area (Å²) in [7, 11) is 0. The van der Waals surface area contributed by atoms with E-state index in [9.17, 15) is 9.59 Å². The fourth-order valence-electron chi connectivity index (χ4n) is 2.90. The smallest absolute Gasteiger partial charge is 0.288 e. The number of hydrogen-bond acceptors (Lipinski definition) is 6. The molecule has 0 atom stereocenters. The van der Waals surface area contributed by atoms with Crippen LogP contribution in [-0.4, -0.2) is 28.0 Å². The maximum atomic E-state index is 13.1. The van der Waals surface area contributed by atoms with Gasteiger partial charge in [-0.3, -0.25) is 24.3 Å². The fraction of sp³-hybridized carbons (Fsp3) is 0.136. The number of anilines is 2. The first kappa shape index (κ1) is 21.8. The van der Waals surface area contributed by atoms with Crippen LogP contribution in [0.1, 0.15) is 12.5 Å². The quantitative estimate of drug-likeness (QED) is 0.439. The predicted molar refractivity (Wildman–Crippen MR) is 124 cm³/mol. The van der Waals surface area contributed by atoms with Gasteiger partial charge in [0.05, 0.1) is 11.4 Å². The van der Waals surface area contributed by atoms with Gasteiger partial charge in [0.25, 0.3) is 12.1 Å². The van der Waals surface area contributed by atoms with Gasteiger partial charge in [-0.2, -0.15) is 0 Å². The SMILES string of the molecule is CC[n+]1cc(NC(=O)CSC2=N/C(=C/c3ccc(Cl)cc3)C(=O)N2c2ccccc2)on1. The third kappa shape index (κ3) is 5.06. The number of benzene rings is 2. The Morgan fingerprint density at radius 2 is 1.97 bits per heavy atom. The van der Waals surface area contributed by atoms with Crippen LogP contribution in [0, 0.1) is 0 Å². The molecule has 0 radical (unpaired) electrons. The number of thioether (sulfide) groups is 1. The Kier molecular flexibility index (Phi) is 6.67. The molecule has 0 aliphatic carbocycles. The van der Waals surface area contributed by atoms with Gasteiger partial charge in [-0.15, -0.1) is 0 Å². The Balaban J connectivity index is 1.53. The van der Waals surface area contributed by atoms with Gasteiger partial charge in [0, 0.05) is 5.02 Å². The van der Waals surface area contributed by atoms with Crippen molar-refractivity contribution in [2.45, 2.75) is 13.5 Å². The zero-order valence-electron chi connectivity index (χ0n) is 17.1. The summed E-state index contributed by atoms with van der Waals surface area (Å²) in [4.78, 5) is 31.5. The fourth-order valence-corrected chi connectivity index (χ4v) is 3.84. The molecule has 0 spiro atoms. The molecular weight excluding hydrogens is 450 g/mol. The Bertz CT molecular complexity index is 1190. The number of carbonyl (C=O) groups excluding carboxylic acids is 2. The molecule has 0 unspecified atom stereocenters. The van der Waals surface area contributed by atoms with Gasteiger partial charge < -0.3 is 0 Å². The molecule has 1 aliphatic heterocycles. The Labute approximate surface area is 193 Å². The highest BCUT2D eigenvalue weighted by atomic mass is 35.5. The molecule has 2 heterocycles. The number of aromatic nitrogens is 2. The van der Waals surface area contributed by atoms with Crippen LogP contribution in [-0.2, 0) is 16.1 Å². The van der Waals surface area contributed by atoms with Crippen LogP contribution in [0.2, 0.25) is 5.02 Å². The molecule has 10 heteroatoms. The van der Waals surface area contributed by atoms with Crippen molar-refractivity contribution < 1.29 is 18.8 Å². The van der Waals surface area contributed by atoms with Crippen molar-refractivity contribution in [1.82, 2.24) is 5.27 Å². The molecule has 1 aromatic heterocycles. The lowest BCUT2D eigenvalue weighted by molar-refractivity contribution is -0.759. The number of nitrogens with zero attached hydrogens (tertiary/aromatic N) is 4. The van der Waals surface area contributed by atoms with Gasteiger partial charge in [-0.1, -0.05) is 58.4 Å². The topological polar surface area (TPSA) is 91.7 Å². The van der Waals surface area contributed by atoms with E-state index in [0.29, 0.717) is 22.4 Å². The first-order valence-corrected chi connectivity index (χ1v) is 11.1. The van der Waals surface area contributed by atoms with Crippen LogP contribution in [0.3, 0.4) is 0 Å². The highest BCUT2D eigenvalue weighted by molar-refractivity contribution is 8.14. The van der Waals surface area contributed by atoms with Gasteiger partial charge in [0.2, 0.25) is 11.2 Å². The minimum absolute atomic E-state index is 0.0382. The van der Waals surface area contributed by atoms with Crippen molar-refractivity contribution in [3.05, 3.63) is 77.1 Å². The van der Waals surface area contributed by atoms with Crippen LogP contribution in [0.4, 0.5) is 11.6 Å². The molecule has 162 valence electrons. The number of rotatable bonds is 6. The summed E-state index contributed by atoms with van der Waals surface area (Å²) in [6.07, 6.45) is 3.29. The maximum absolute atomic E-state index is 13.1. The molecule has 1 N–H and O–H groups in total. The number of nitrogens with one attached hydrogen (secondary N) is 1. The van der Waals surface area contributed by atoms with E-state index >= 15 is 0 Å². The van der Waals surface area contributed by atoms with Crippen molar-refractivity contribution in [2.24, 2.45) is 4.99 Å². The van der Waals surface area contributed by atoms with E-state index in [1.54, 1.807) is 29.1 Å². The standard InChI is InChI=1S/C22H18ClN5O3S/c1-2-27-13-20(31-26-27)25-19(29)14-32-22-24-18(12-15-8-10-16(23)11-9-15)21(30)28(22)17-6-4-3-5-7-17/h3-13H,2,14H2,1H3/p+1/b18-12+. The number of aliphatic imine (C=N–C) groups is 1. The van der Waals surface area contributed by atoms with Crippen molar-refractivity contribution in [1.29, 1.82) is 0 Å². The van der Waals surface area contributed by atoms with Crippen molar-refractivity contribution in [2.75, 3.05) is 16.0 Å². The summed E-state index contributed by atoms with van der Waals surface area (Å²) >= 11 is 7.10. The minimum Gasteiger partial charge on any atom is -0.288 e. The number of amidine groups is 1. The summed E-state index contributed by atoms with van der Waals surface area (Å²) in [5, 5.41) is 7.44. The van der Waals surface area contributed by atoms with Gasteiger partial charge in [0.1, 0.15) is 5.70 Å². The number of aryl methyl sites for hydroxylation is 1. The molecule has 0 fully saturated rings. The summed E-state index contributed by atoms with van der Waals surface area (Å²) in [5.74, 6) is -0.276. The monoisotopic (exact) mass is 468 g/mol. The van der Waals surface area contributed by atoms with E-state index in [1.165, 1.54) is 4.90 Å². The van der Waals surface area contributed by atoms with E-state index in [2.05, 4.69) is 15.6 Å². The van der Waals surface area contributed by atoms with Gasteiger partial charge >= 0.3 is 5.88 Å². The highest BCUT2D eigenvalue weighted by Gasteiger charge is 2.32. The van der Waals surface area contributed by atoms with Crippen LogP contribution < -0.4 is 14.9 Å². The molecule has 3 aromatic rings. The normalized spacial score (nSPS) is 14.7. The summed E-state index contributed by atoms with van der Waals surface area (Å²) < 4.78 is 6.62. The van der Waals surface area contributed by atoms with Crippen molar-refractivity contribution in [3.63, 3.8) is 0 Å². The van der Waals surface area contributed by atoms with Gasteiger partial charge in [0.15, 0.2) is 11.7 Å². The Morgan fingerprint density at radius 1 is 1.22 bits per heavy atom. The van der Waals surface area contributed by atoms with Gasteiger partial charge in [-0.25, -0.2) is 4.99 Å². The predicted octanol–water partition coefficient (Wildman–Crippen LogP) is 3.75. The highest BCUT2D eigenvalue weighted by Crippen LogP contribution is 2.29. The second-order valence-electron chi connectivity index (χ2n) is 6.71. The van der Waals surface area contributed by atoms with E-state index in [1.807, 2.05) is 49.4 Å². The molecular formula is C22H19ClN5O3S+. The lowest BCUT2D eigenvalue weighted by atomic mass is 10.2. The molecule has 1 aliphatic rings. The Hall–Kier alpha value is -3.43. The molecule has 2 aromatic carbocycles. The van der Waals surface area contributed by atoms with Crippen LogP contribution >= 0.6 is 23.4 Å². The molecule has 8 nitrogen and oxygen atoms in total. The van der Waals surface area contributed by atoms with Gasteiger partial charge in [-0.05, 0) is 42.8 Å². The maximum Gasteiger partial charge on any atom is 0.302 e. The summed E-state index contributed by atoms with van der Waals surface area (Å²) in [6, 6.07) is 16.3. The lowest BCUT2D eigenvalue weighted by Gasteiger charge is -2.17. The van der Waals surface area contributed by atoms with Crippen molar-refractivity contribution >= 4 is 58.0 Å². The second kappa shape index (κ2) is 9.80. The largest absolute Gasteiger partial charge is 0.302 e. The number of carbonyl (C=O) groups is 2. The molecule has 4 rings (SSSR count). The zero-order chi connectivity index (χ0) is 22.5. The molecule has 2 amide bonds. The summed E-state index contributed by atoms with van der Waals surface area (Å²) in [5.41, 5.74) is 1.74. The lowest BCUT2D eigenvalue weighted by Crippen LogP contribution is -2.33. The minimum atomic E-state index is -0.298. The van der Waals surface area contributed by atoms with E-state index in [0.717, 1.165) is 17.3 Å². The molecule has 32 heavy (non-hydrogen) atoms. The summed E-state index contributed by atoms with van der Waals surface area (Å²) in [6.45, 7) is 2.54. The first-order valence-electron chi connectivity index (χ1n) is 9.78. The van der Waals surface area contributed by atoms with Crippen LogP contribution in [0.15, 0.2) is 76.0 Å². The Morgan fingerprint density at radius 3 is 2.66 bits per heavy atom. The average molecular weight is 469 g/mol. The third-order valence-electron chi connectivity index (χ3n) is 4.45. The van der Waals surface area contributed by atoms with Crippen LogP contribution in [0.5, 0.6) is 0 Å². The van der Waals surface area contributed by atoms with Crippen molar-refractivity contribution in [3.8, 4) is 0 Å². The van der Waals surface area contributed by atoms with E-state index in [-0.39, 0.29) is 29.1 Å². The van der Waals surface area contributed by atoms with Crippen LogP contribution in [0.25, 0.3) is 6.08 Å². The third-order valence-corrected chi connectivity index (χ3v) is 5.64. The zero-order valence-corrected chi connectivity index (χ0v) is 18.6. The van der Waals surface area contributed by atoms with E-state index in [4.69, 9.17) is 16.1 Å². The van der Waals surface area contributed by atoms with E-state index < -0.39 is 0 Å². The molecule has 0 saturated heterocycles. The number of hydrogen-bond donors (Lipinski definition) is 1. The molecule has 0 saturated carbocycles. The number of amides is 2. The number of halogens is 1.